The Hall–Kier alpha value is -3.03. The van der Waals surface area contributed by atoms with Crippen LogP contribution >= 0.6 is 0 Å². The molecule has 0 amide bonds. The zero-order valence-corrected chi connectivity index (χ0v) is 26.0. The van der Waals surface area contributed by atoms with E-state index in [1.807, 2.05) is 0 Å². The molecular formula is C30H42O13. The molecule has 1 heterocycles. The normalized spacial score (nSPS) is 40.0. The third-order valence-corrected chi connectivity index (χ3v) is 9.87. The van der Waals surface area contributed by atoms with E-state index in [4.69, 9.17) is 28.4 Å². The van der Waals surface area contributed by atoms with E-state index in [9.17, 15) is 34.2 Å². The first-order valence-electron chi connectivity index (χ1n) is 14.4. The Morgan fingerprint density at radius 3 is 1.84 bits per heavy atom. The third kappa shape index (κ3) is 4.93. The highest BCUT2D eigenvalue weighted by atomic mass is 16.6. The van der Waals surface area contributed by atoms with Gasteiger partial charge in [0.15, 0.2) is 17.8 Å². The Morgan fingerprint density at radius 2 is 1.40 bits per heavy atom. The minimum Gasteiger partial charge on any atom is -0.462 e. The molecule has 2 unspecified atom stereocenters. The highest BCUT2D eigenvalue weighted by Gasteiger charge is 2.80. The average molecular weight is 611 g/mol. The monoisotopic (exact) mass is 610 g/mol. The summed E-state index contributed by atoms with van der Waals surface area (Å²) in [5.74, 6) is -4.83. The number of hydrogen-bond acceptors (Lipinski definition) is 13. The van der Waals surface area contributed by atoms with Gasteiger partial charge in [0.2, 0.25) is 0 Å². The molecule has 1 aliphatic heterocycles. The van der Waals surface area contributed by atoms with E-state index in [0.29, 0.717) is 5.57 Å². The quantitative estimate of drug-likeness (QED) is 0.250. The molecule has 3 fully saturated rings. The van der Waals surface area contributed by atoms with Crippen LogP contribution in [0.2, 0.25) is 0 Å². The van der Waals surface area contributed by atoms with Gasteiger partial charge in [0, 0.05) is 41.0 Å². The lowest BCUT2D eigenvalue weighted by Crippen LogP contribution is -2.79. The molecule has 2 N–H and O–H groups in total. The van der Waals surface area contributed by atoms with E-state index in [1.54, 1.807) is 13.8 Å². The molecule has 0 aromatic rings. The number of aliphatic hydroxyl groups excluding tert-OH is 1. The minimum atomic E-state index is -1.79. The van der Waals surface area contributed by atoms with Crippen molar-refractivity contribution in [2.24, 2.45) is 16.7 Å². The van der Waals surface area contributed by atoms with E-state index in [0.717, 1.165) is 13.8 Å². The second-order valence-corrected chi connectivity index (χ2v) is 13.0. The van der Waals surface area contributed by atoms with Crippen LogP contribution in [0.1, 0.15) is 75.2 Å². The third-order valence-electron chi connectivity index (χ3n) is 9.87. The first-order chi connectivity index (χ1) is 19.7. The molecule has 13 heteroatoms. The summed E-state index contributed by atoms with van der Waals surface area (Å²) in [6.07, 6.45) is -7.62. The van der Waals surface area contributed by atoms with Crippen LogP contribution in [-0.2, 0) is 52.4 Å². The molecule has 43 heavy (non-hydrogen) atoms. The lowest BCUT2D eigenvalue weighted by molar-refractivity contribution is -0.353. The molecule has 13 nitrogen and oxygen atoms in total. The Balaban J connectivity index is 2.23. The van der Waals surface area contributed by atoms with Crippen LogP contribution < -0.4 is 0 Å². The van der Waals surface area contributed by atoms with Gasteiger partial charge in [-0.25, -0.2) is 0 Å². The van der Waals surface area contributed by atoms with Crippen molar-refractivity contribution in [3.8, 4) is 0 Å². The van der Waals surface area contributed by atoms with Crippen LogP contribution in [0.25, 0.3) is 0 Å². The summed E-state index contributed by atoms with van der Waals surface area (Å²) in [6, 6.07) is 0. The average Bonchev–Trinajstić information content (AvgIpc) is 3.07. The number of carbonyl (C=O) groups is 5. The van der Waals surface area contributed by atoms with Gasteiger partial charge < -0.3 is 38.6 Å². The predicted molar refractivity (Wildman–Crippen MR) is 145 cm³/mol. The second-order valence-electron chi connectivity index (χ2n) is 13.0. The van der Waals surface area contributed by atoms with E-state index in [-0.39, 0.29) is 25.0 Å². The molecule has 0 spiro atoms. The largest absolute Gasteiger partial charge is 0.462 e. The number of fused-ring (bicyclic) bond motifs is 4. The summed E-state index contributed by atoms with van der Waals surface area (Å²) < 4.78 is 35.9. The van der Waals surface area contributed by atoms with Gasteiger partial charge in [0.1, 0.15) is 18.3 Å². The molecule has 0 radical (unpaired) electrons. The molecule has 0 aromatic heterocycles. The maximum absolute atomic E-state index is 13.0. The minimum absolute atomic E-state index is 0.00657. The van der Waals surface area contributed by atoms with Crippen molar-refractivity contribution in [1.82, 2.24) is 0 Å². The Kier molecular flexibility index (Phi) is 8.29. The SMILES string of the molecule is CC(=O)OC1C2[C@@](C)([C@@H](OC(C)=O)C[C@H]3OC[C@@]23OC(C)=O)[C@@H](OC(C)=O)[C@H](OC(C)=O)C2=C(C)[C@@H](O)C[C@]21C(C)(C)O. The molecule has 0 bridgehead atoms. The van der Waals surface area contributed by atoms with Crippen molar-refractivity contribution in [2.75, 3.05) is 6.61 Å². The predicted octanol–water partition coefficient (Wildman–Crippen LogP) is 1.29. The fourth-order valence-electron chi connectivity index (χ4n) is 8.39. The molecule has 1 saturated heterocycles. The van der Waals surface area contributed by atoms with Crippen LogP contribution in [0.3, 0.4) is 0 Å². The molecule has 240 valence electrons. The molecule has 3 aliphatic carbocycles. The second kappa shape index (κ2) is 10.8. The molecule has 0 aromatic carbocycles. The van der Waals surface area contributed by atoms with E-state index in [2.05, 4.69) is 0 Å². The number of esters is 5. The van der Waals surface area contributed by atoms with Crippen molar-refractivity contribution in [3.05, 3.63) is 11.1 Å². The van der Waals surface area contributed by atoms with Crippen LogP contribution in [-0.4, -0.2) is 94.5 Å². The van der Waals surface area contributed by atoms with E-state index in [1.165, 1.54) is 34.6 Å². The van der Waals surface area contributed by atoms with Crippen LogP contribution in [0.5, 0.6) is 0 Å². The van der Waals surface area contributed by atoms with Gasteiger partial charge in [0.05, 0.1) is 35.1 Å². The summed E-state index contributed by atoms with van der Waals surface area (Å²) in [7, 11) is 0. The van der Waals surface area contributed by atoms with Gasteiger partial charge in [0.25, 0.3) is 0 Å². The van der Waals surface area contributed by atoms with Crippen LogP contribution in [0.15, 0.2) is 11.1 Å². The first kappa shape index (κ1) is 32.9. The molecule has 2 saturated carbocycles. The number of aliphatic hydroxyl groups is 2. The van der Waals surface area contributed by atoms with Crippen molar-refractivity contribution in [1.29, 1.82) is 0 Å². The zero-order valence-electron chi connectivity index (χ0n) is 26.0. The number of rotatable bonds is 6. The maximum atomic E-state index is 13.0. The van der Waals surface area contributed by atoms with Crippen LogP contribution in [0.4, 0.5) is 0 Å². The molecule has 10 atom stereocenters. The van der Waals surface area contributed by atoms with Crippen LogP contribution in [0, 0.1) is 16.7 Å². The summed E-state index contributed by atoms with van der Waals surface area (Å²) in [5.41, 5.74) is -6.07. The van der Waals surface area contributed by atoms with Gasteiger partial charge in [-0.2, -0.15) is 0 Å². The summed E-state index contributed by atoms with van der Waals surface area (Å²) in [4.78, 5) is 63.7. The standard InChI is InChI=1S/C30H42O13/c1-13-19(36)11-29(27(7,8)37)22(13)23(40-15(3)32)25(41-16(4)33)28(9)20(39-14(2)31)10-21-30(12-38-21,43-18(6)35)24(28)26(29)42-17(5)34/h19-21,23-26,36-37H,10-12H2,1-9H3/t19-,20-,21+,23+,24?,25-,26?,28+,29-,30-/m0/s1. The fraction of sp³-hybridized carbons (Fsp3) is 0.767. The highest BCUT2D eigenvalue weighted by molar-refractivity contribution is 5.70. The lowest BCUT2D eigenvalue weighted by atomic mass is 9.49. The van der Waals surface area contributed by atoms with Gasteiger partial charge in [-0.3, -0.25) is 24.0 Å². The maximum Gasteiger partial charge on any atom is 0.303 e. The summed E-state index contributed by atoms with van der Waals surface area (Å²) >= 11 is 0. The number of hydrogen-bond donors (Lipinski definition) is 2. The smallest absolute Gasteiger partial charge is 0.303 e. The Morgan fingerprint density at radius 1 is 0.860 bits per heavy atom. The molecule has 4 aliphatic rings. The number of carbonyl (C=O) groups excluding carboxylic acids is 5. The van der Waals surface area contributed by atoms with Crippen molar-refractivity contribution in [2.45, 2.75) is 123 Å². The highest BCUT2D eigenvalue weighted by Crippen LogP contribution is 2.68. The summed E-state index contributed by atoms with van der Waals surface area (Å²) in [5, 5.41) is 23.4. The van der Waals surface area contributed by atoms with Gasteiger partial charge in [-0.05, 0) is 38.3 Å². The van der Waals surface area contributed by atoms with E-state index < -0.39 is 94.4 Å². The Labute approximate surface area is 250 Å². The lowest BCUT2D eigenvalue weighted by Gasteiger charge is -2.65. The van der Waals surface area contributed by atoms with Gasteiger partial charge >= 0.3 is 29.8 Å². The van der Waals surface area contributed by atoms with Crippen molar-refractivity contribution < 1.29 is 62.6 Å². The molecular weight excluding hydrogens is 568 g/mol. The topological polar surface area (TPSA) is 181 Å². The van der Waals surface area contributed by atoms with Gasteiger partial charge in [-0.1, -0.05) is 6.92 Å². The zero-order chi connectivity index (χ0) is 32.4. The van der Waals surface area contributed by atoms with Gasteiger partial charge in [-0.15, -0.1) is 0 Å². The van der Waals surface area contributed by atoms with Crippen molar-refractivity contribution >= 4 is 29.8 Å². The molecule has 4 rings (SSSR count). The first-order valence-corrected chi connectivity index (χ1v) is 14.4. The fourth-order valence-corrected chi connectivity index (χ4v) is 8.39. The van der Waals surface area contributed by atoms with E-state index >= 15 is 0 Å². The number of ether oxygens (including phenoxy) is 6. The summed E-state index contributed by atoms with van der Waals surface area (Å²) in [6.45, 7) is 11.9. The van der Waals surface area contributed by atoms with Crippen molar-refractivity contribution in [3.63, 3.8) is 0 Å². The Bertz CT molecular complexity index is 1250.